The maximum absolute atomic E-state index is 14.1. The van der Waals surface area contributed by atoms with Crippen molar-refractivity contribution >= 4 is 85.5 Å². The topological polar surface area (TPSA) is 86.8 Å². The van der Waals surface area contributed by atoms with E-state index in [1.807, 2.05) is 37.3 Å². The number of carbonyl (C=O) groups is 2. The van der Waals surface area contributed by atoms with Crippen LogP contribution in [0.4, 0.5) is 5.69 Å². The molecule has 13 heteroatoms. The average molecular weight is 680 g/mol. The van der Waals surface area contributed by atoms with Gasteiger partial charge in [0.25, 0.3) is 0 Å². The van der Waals surface area contributed by atoms with Gasteiger partial charge in [0.15, 0.2) is 0 Å². The molecule has 3 aromatic rings. The lowest BCUT2D eigenvalue weighted by Gasteiger charge is -2.34. The minimum absolute atomic E-state index is 0.0279. The number of anilines is 1. The summed E-state index contributed by atoms with van der Waals surface area (Å²) in [4.78, 5) is 29.0. The number of rotatable bonds is 12. The molecule has 0 bridgehead atoms. The summed E-state index contributed by atoms with van der Waals surface area (Å²) in [5.74, 6) is -1.10. The van der Waals surface area contributed by atoms with Crippen LogP contribution in [-0.4, -0.2) is 50.5 Å². The van der Waals surface area contributed by atoms with Crippen molar-refractivity contribution in [3.8, 4) is 0 Å². The van der Waals surface area contributed by atoms with E-state index in [4.69, 9.17) is 58.0 Å². The third kappa shape index (κ3) is 8.89. The molecule has 41 heavy (non-hydrogen) atoms. The lowest BCUT2D eigenvalue weighted by molar-refractivity contribution is -0.140. The molecule has 0 aliphatic carbocycles. The van der Waals surface area contributed by atoms with Crippen LogP contribution in [0.5, 0.6) is 0 Å². The Hall–Kier alpha value is -2.20. The minimum atomic E-state index is -4.06. The van der Waals surface area contributed by atoms with Crippen molar-refractivity contribution in [1.29, 1.82) is 0 Å². The molecule has 0 radical (unpaired) electrons. The van der Waals surface area contributed by atoms with E-state index in [2.05, 4.69) is 5.32 Å². The standard InChI is InChI=1S/C28H28Cl5N3O4S/c1-3-12-34-28(38)26(13-18-8-5-4-6-9-18)35(16-19-20(29)10-7-11-21(19)30)27(37)17-36(41(2,39)40)25-15-23(32)22(31)14-24(25)33/h4-11,14-15,26H,3,12-13,16-17H2,1-2H3,(H,34,38). The first-order chi connectivity index (χ1) is 19.3. The van der Waals surface area contributed by atoms with Crippen LogP contribution in [0, 0.1) is 0 Å². The fourth-order valence-electron chi connectivity index (χ4n) is 4.07. The predicted octanol–water partition coefficient (Wildman–Crippen LogP) is 6.89. The number of nitrogens with zero attached hydrogens (tertiary/aromatic N) is 2. The molecule has 3 aromatic carbocycles. The number of amides is 2. The van der Waals surface area contributed by atoms with Gasteiger partial charge in [0.05, 0.1) is 27.0 Å². The number of halogens is 5. The lowest BCUT2D eigenvalue weighted by Crippen LogP contribution is -2.53. The fourth-order valence-corrected chi connectivity index (χ4v) is 6.14. The zero-order chi connectivity index (χ0) is 30.3. The number of carbonyl (C=O) groups excluding carboxylic acids is 2. The van der Waals surface area contributed by atoms with Crippen LogP contribution in [0.2, 0.25) is 25.1 Å². The summed E-state index contributed by atoms with van der Waals surface area (Å²) in [6.07, 6.45) is 1.76. The summed E-state index contributed by atoms with van der Waals surface area (Å²) < 4.78 is 26.7. The van der Waals surface area contributed by atoms with E-state index in [0.29, 0.717) is 18.5 Å². The number of sulfonamides is 1. The first-order valence-electron chi connectivity index (χ1n) is 12.5. The molecule has 3 rings (SSSR count). The number of benzene rings is 3. The van der Waals surface area contributed by atoms with Crippen LogP contribution in [0.3, 0.4) is 0 Å². The van der Waals surface area contributed by atoms with Crippen LogP contribution >= 0.6 is 58.0 Å². The highest BCUT2D eigenvalue weighted by atomic mass is 35.5. The van der Waals surface area contributed by atoms with Crippen LogP contribution in [0.25, 0.3) is 0 Å². The number of hydrogen-bond donors (Lipinski definition) is 1. The van der Waals surface area contributed by atoms with Crippen LogP contribution < -0.4 is 9.62 Å². The van der Waals surface area contributed by atoms with E-state index in [1.165, 1.54) is 17.0 Å². The van der Waals surface area contributed by atoms with Crippen molar-refractivity contribution in [3.05, 3.63) is 96.9 Å². The van der Waals surface area contributed by atoms with Crippen LogP contribution in [-0.2, 0) is 32.6 Å². The highest BCUT2D eigenvalue weighted by molar-refractivity contribution is 7.92. The van der Waals surface area contributed by atoms with Gasteiger partial charge in [-0.2, -0.15) is 0 Å². The Bertz CT molecular complexity index is 1490. The molecule has 1 atom stereocenters. The molecule has 0 saturated heterocycles. The lowest BCUT2D eigenvalue weighted by atomic mass is 10.0. The van der Waals surface area contributed by atoms with Crippen molar-refractivity contribution in [3.63, 3.8) is 0 Å². The summed E-state index contributed by atoms with van der Waals surface area (Å²) in [7, 11) is -4.06. The molecule has 0 aliphatic heterocycles. The second kappa shape index (κ2) is 14.8. The minimum Gasteiger partial charge on any atom is -0.354 e. The van der Waals surface area contributed by atoms with E-state index < -0.39 is 34.4 Å². The molecule has 0 spiro atoms. The van der Waals surface area contributed by atoms with Crippen LogP contribution in [0.1, 0.15) is 24.5 Å². The predicted molar refractivity (Wildman–Crippen MR) is 168 cm³/mol. The SMILES string of the molecule is CCCNC(=O)C(Cc1ccccc1)N(Cc1c(Cl)cccc1Cl)C(=O)CN(c1cc(Cl)c(Cl)cc1Cl)S(C)(=O)=O. The first kappa shape index (κ1) is 33.3. The summed E-state index contributed by atoms with van der Waals surface area (Å²) in [6.45, 7) is 1.43. The maximum atomic E-state index is 14.1. The van der Waals surface area contributed by atoms with E-state index in [9.17, 15) is 18.0 Å². The van der Waals surface area contributed by atoms with Gasteiger partial charge in [-0.3, -0.25) is 13.9 Å². The van der Waals surface area contributed by atoms with Gasteiger partial charge in [0.2, 0.25) is 21.8 Å². The molecule has 1 unspecified atom stereocenters. The van der Waals surface area contributed by atoms with Gasteiger partial charge < -0.3 is 10.2 Å². The zero-order valence-electron chi connectivity index (χ0n) is 22.2. The van der Waals surface area contributed by atoms with Crippen molar-refractivity contribution in [2.75, 3.05) is 23.7 Å². The zero-order valence-corrected chi connectivity index (χ0v) is 26.8. The average Bonchev–Trinajstić information content (AvgIpc) is 2.91. The van der Waals surface area contributed by atoms with E-state index >= 15 is 0 Å². The highest BCUT2D eigenvalue weighted by Gasteiger charge is 2.34. The Balaban J connectivity index is 2.13. The molecule has 0 fully saturated rings. The molecular weight excluding hydrogens is 652 g/mol. The Labute approximate surface area is 265 Å². The Kier molecular flexibility index (Phi) is 12.0. The van der Waals surface area contributed by atoms with Crippen molar-refractivity contribution in [1.82, 2.24) is 10.2 Å². The molecule has 0 saturated carbocycles. The van der Waals surface area contributed by atoms with Gasteiger partial charge in [-0.25, -0.2) is 8.42 Å². The van der Waals surface area contributed by atoms with Crippen molar-refractivity contribution in [2.24, 2.45) is 0 Å². The second-order valence-electron chi connectivity index (χ2n) is 9.21. The van der Waals surface area contributed by atoms with Gasteiger partial charge >= 0.3 is 0 Å². The van der Waals surface area contributed by atoms with E-state index in [-0.39, 0.29) is 43.8 Å². The summed E-state index contributed by atoms with van der Waals surface area (Å²) in [5, 5.41) is 3.57. The normalized spacial score (nSPS) is 12.1. The van der Waals surface area contributed by atoms with E-state index in [1.54, 1.807) is 18.2 Å². The fraction of sp³-hybridized carbons (Fsp3) is 0.286. The largest absolute Gasteiger partial charge is 0.354 e. The monoisotopic (exact) mass is 677 g/mol. The van der Waals surface area contributed by atoms with Gasteiger partial charge in [-0.1, -0.05) is 101 Å². The summed E-state index contributed by atoms with van der Waals surface area (Å²) in [5.41, 5.74) is 1.16. The smallest absolute Gasteiger partial charge is 0.244 e. The molecule has 220 valence electrons. The van der Waals surface area contributed by atoms with E-state index in [0.717, 1.165) is 16.1 Å². The van der Waals surface area contributed by atoms with Gasteiger partial charge in [-0.15, -0.1) is 0 Å². The summed E-state index contributed by atoms with van der Waals surface area (Å²) in [6, 6.07) is 15.6. The molecule has 0 heterocycles. The molecule has 7 nitrogen and oxygen atoms in total. The third-order valence-electron chi connectivity index (χ3n) is 6.15. The molecular formula is C28H28Cl5N3O4S. The summed E-state index contributed by atoms with van der Waals surface area (Å²) >= 11 is 31.5. The van der Waals surface area contributed by atoms with Crippen molar-refractivity contribution < 1.29 is 18.0 Å². The van der Waals surface area contributed by atoms with Gasteiger partial charge in [0.1, 0.15) is 12.6 Å². The van der Waals surface area contributed by atoms with Gasteiger partial charge in [0, 0.05) is 35.1 Å². The second-order valence-corrected chi connectivity index (χ2v) is 13.1. The van der Waals surface area contributed by atoms with Crippen molar-refractivity contribution in [2.45, 2.75) is 32.4 Å². The molecule has 1 N–H and O–H groups in total. The quantitative estimate of drug-likeness (QED) is 0.212. The highest BCUT2D eigenvalue weighted by Crippen LogP contribution is 2.36. The molecule has 0 aliphatic rings. The Morgan fingerprint density at radius 3 is 2.05 bits per heavy atom. The number of nitrogens with one attached hydrogen (secondary N) is 1. The molecule has 2 amide bonds. The van der Waals surface area contributed by atoms with Crippen LogP contribution in [0.15, 0.2) is 60.7 Å². The maximum Gasteiger partial charge on any atom is 0.244 e. The third-order valence-corrected chi connectivity index (χ3v) is 9.01. The van der Waals surface area contributed by atoms with Gasteiger partial charge in [-0.05, 0) is 36.2 Å². The molecule has 0 aromatic heterocycles. The Morgan fingerprint density at radius 2 is 1.46 bits per heavy atom. The first-order valence-corrected chi connectivity index (χ1v) is 16.2. The number of hydrogen-bond acceptors (Lipinski definition) is 4. The Morgan fingerprint density at radius 1 is 0.854 bits per heavy atom.